The van der Waals surface area contributed by atoms with Crippen LogP contribution in [0.25, 0.3) is 10.8 Å². The van der Waals surface area contributed by atoms with Crippen LogP contribution in [0, 0.1) is 0 Å². The fourth-order valence-electron chi connectivity index (χ4n) is 1.48. The molecular weight excluding hydrogens is 344 g/mol. The third kappa shape index (κ3) is 4.24. The van der Waals surface area contributed by atoms with Gasteiger partial charge >= 0.3 is 23.1 Å². The van der Waals surface area contributed by atoms with Gasteiger partial charge in [0.2, 0.25) is 0 Å². The van der Waals surface area contributed by atoms with Crippen LogP contribution < -0.4 is 38.7 Å². The minimum atomic E-state index is 0. The summed E-state index contributed by atoms with van der Waals surface area (Å²) in [6.07, 6.45) is 0. The minimum Gasteiger partial charge on any atom is -1.00 e. The Hall–Kier alpha value is 0.226. The standard InChI is InChI=1S/C12H12O.2BrH.Mg/c1-2-13-12-9-5-7-10-6-3-4-8-11(10)12;;;/h3-9H,2H2,1H3;2*1H;/q;;;+2/p-2. The molecule has 0 heterocycles. The molecule has 1 nitrogen and oxygen atoms in total. The SMILES string of the molecule is CCOc1cccc2ccccc12.[Br-].[Br-].[Mg+2]. The number of hydrogen-bond acceptors (Lipinski definition) is 1. The molecule has 16 heavy (non-hydrogen) atoms. The van der Waals surface area contributed by atoms with Crippen molar-refractivity contribution in [2.45, 2.75) is 6.92 Å². The second-order valence-corrected chi connectivity index (χ2v) is 2.91. The summed E-state index contributed by atoms with van der Waals surface area (Å²) in [5.74, 6) is 0.973. The van der Waals surface area contributed by atoms with Crippen LogP contribution in [-0.4, -0.2) is 29.7 Å². The van der Waals surface area contributed by atoms with E-state index in [1.807, 2.05) is 31.2 Å². The van der Waals surface area contributed by atoms with Crippen LogP contribution in [0.4, 0.5) is 0 Å². The Labute approximate surface area is 133 Å². The first-order chi connectivity index (χ1) is 6.42. The largest absolute Gasteiger partial charge is 2.00 e. The van der Waals surface area contributed by atoms with Crippen LogP contribution in [0.1, 0.15) is 6.92 Å². The number of ether oxygens (including phenoxy) is 1. The zero-order chi connectivity index (χ0) is 9.10. The summed E-state index contributed by atoms with van der Waals surface area (Å²) in [6, 6.07) is 14.4. The summed E-state index contributed by atoms with van der Waals surface area (Å²) in [4.78, 5) is 0. The third-order valence-corrected chi connectivity index (χ3v) is 2.05. The van der Waals surface area contributed by atoms with Gasteiger partial charge in [0.25, 0.3) is 0 Å². The summed E-state index contributed by atoms with van der Waals surface area (Å²) >= 11 is 0. The molecule has 2 aromatic rings. The molecule has 0 aromatic heterocycles. The Morgan fingerprint density at radius 2 is 1.56 bits per heavy atom. The fraction of sp³-hybridized carbons (Fsp3) is 0.167. The Kier molecular flexibility index (Phi) is 10.8. The molecule has 0 aliphatic carbocycles. The maximum Gasteiger partial charge on any atom is 2.00 e. The van der Waals surface area contributed by atoms with Gasteiger partial charge in [0.15, 0.2) is 0 Å². The number of hydrogen-bond donors (Lipinski definition) is 0. The smallest absolute Gasteiger partial charge is 1.00 e. The molecule has 0 radical (unpaired) electrons. The summed E-state index contributed by atoms with van der Waals surface area (Å²) in [5.41, 5.74) is 0. The molecule has 0 bridgehead atoms. The molecule has 0 aliphatic heterocycles. The Bertz CT molecular complexity index is 415. The average Bonchev–Trinajstić information content (AvgIpc) is 2.19. The number of benzene rings is 2. The van der Waals surface area contributed by atoms with Gasteiger partial charge in [-0.3, -0.25) is 0 Å². The first-order valence-electron chi connectivity index (χ1n) is 4.52. The second-order valence-electron chi connectivity index (χ2n) is 2.91. The summed E-state index contributed by atoms with van der Waals surface area (Å²) in [5, 5.41) is 2.42. The van der Waals surface area contributed by atoms with Crippen molar-refractivity contribution in [3.05, 3.63) is 42.5 Å². The van der Waals surface area contributed by atoms with Gasteiger partial charge in [-0.15, -0.1) is 0 Å². The molecule has 0 fully saturated rings. The number of halogens is 2. The molecule has 2 rings (SSSR count). The van der Waals surface area contributed by atoms with Crippen LogP contribution in [0.5, 0.6) is 5.75 Å². The molecule has 0 unspecified atom stereocenters. The van der Waals surface area contributed by atoms with E-state index in [4.69, 9.17) is 4.74 Å². The molecule has 0 saturated carbocycles. The first kappa shape index (κ1) is 18.6. The van der Waals surface area contributed by atoms with Crippen molar-refractivity contribution < 1.29 is 38.7 Å². The Balaban J connectivity index is 0. The topological polar surface area (TPSA) is 9.23 Å². The molecule has 82 valence electrons. The molecule has 0 aliphatic rings. The van der Waals surface area contributed by atoms with Crippen LogP contribution in [0.3, 0.4) is 0 Å². The van der Waals surface area contributed by atoms with E-state index in [0.29, 0.717) is 6.61 Å². The molecule has 0 atom stereocenters. The maximum absolute atomic E-state index is 5.52. The van der Waals surface area contributed by atoms with Crippen molar-refractivity contribution in [1.82, 2.24) is 0 Å². The quantitative estimate of drug-likeness (QED) is 0.517. The van der Waals surface area contributed by atoms with Gasteiger partial charge in [-0.2, -0.15) is 0 Å². The van der Waals surface area contributed by atoms with Gasteiger partial charge in [-0.25, -0.2) is 0 Å². The van der Waals surface area contributed by atoms with Gasteiger partial charge < -0.3 is 38.7 Å². The van der Waals surface area contributed by atoms with Crippen molar-refractivity contribution in [1.29, 1.82) is 0 Å². The predicted molar refractivity (Wildman–Crippen MR) is 60.9 cm³/mol. The van der Waals surface area contributed by atoms with E-state index in [1.54, 1.807) is 0 Å². The van der Waals surface area contributed by atoms with E-state index in [2.05, 4.69) is 18.2 Å². The van der Waals surface area contributed by atoms with Crippen molar-refractivity contribution >= 4 is 33.8 Å². The van der Waals surface area contributed by atoms with Crippen LogP contribution in [0.2, 0.25) is 0 Å². The summed E-state index contributed by atoms with van der Waals surface area (Å²) in [6.45, 7) is 2.72. The van der Waals surface area contributed by atoms with Crippen LogP contribution >= 0.6 is 0 Å². The first-order valence-corrected chi connectivity index (χ1v) is 4.52. The van der Waals surface area contributed by atoms with Crippen molar-refractivity contribution in [3.8, 4) is 5.75 Å². The van der Waals surface area contributed by atoms with Crippen molar-refractivity contribution in [3.63, 3.8) is 0 Å². The van der Waals surface area contributed by atoms with Crippen molar-refractivity contribution in [2.75, 3.05) is 6.61 Å². The van der Waals surface area contributed by atoms with Gasteiger partial charge in [0, 0.05) is 5.39 Å². The van der Waals surface area contributed by atoms with E-state index in [9.17, 15) is 0 Å². The van der Waals surface area contributed by atoms with E-state index in [-0.39, 0.29) is 57.0 Å². The van der Waals surface area contributed by atoms with Gasteiger partial charge in [-0.05, 0) is 18.4 Å². The van der Waals surface area contributed by atoms with E-state index in [1.165, 1.54) is 10.8 Å². The fourth-order valence-corrected chi connectivity index (χ4v) is 1.48. The Morgan fingerprint density at radius 3 is 2.25 bits per heavy atom. The van der Waals surface area contributed by atoms with Gasteiger partial charge in [0.1, 0.15) is 5.75 Å². The van der Waals surface area contributed by atoms with Crippen LogP contribution in [0.15, 0.2) is 42.5 Å². The molecule has 0 spiro atoms. The predicted octanol–water partition coefficient (Wildman–Crippen LogP) is -3.13. The number of fused-ring (bicyclic) bond motifs is 1. The summed E-state index contributed by atoms with van der Waals surface area (Å²) < 4.78 is 5.52. The third-order valence-electron chi connectivity index (χ3n) is 2.05. The second kappa shape index (κ2) is 9.28. The Morgan fingerprint density at radius 1 is 0.938 bits per heavy atom. The zero-order valence-electron chi connectivity index (χ0n) is 9.12. The van der Waals surface area contributed by atoms with E-state index >= 15 is 0 Å². The van der Waals surface area contributed by atoms with Gasteiger partial charge in [-0.1, -0.05) is 36.4 Å². The van der Waals surface area contributed by atoms with Gasteiger partial charge in [0.05, 0.1) is 6.61 Å². The normalized spacial score (nSPS) is 8.31. The molecule has 0 N–H and O–H groups in total. The molecule has 4 heteroatoms. The maximum atomic E-state index is 5.52. The average molecular weight is 356 g/mol. The molecule has 0 amide bonds. The monoisotopic (exact) mass is 354 g/mol. The number of rotatable bonds is 2. The summed E-state index contributed by atoms with van der Waals surface area (Å²) in [7, 11) is 0. The van der Waals surface area contributed by atoms with E-state index < -0.39 is 0 Å². The molecular formula is C12H12Br2MgO. The molecule has 0 saturated heterocycles. The van der Waals surface area contributed by atoms with Crippen molar-refractivity contribution in [2.24, 2.45) is 0 Å². The molecule has 2 aromatic carbocycles. The van der Waals surface area contributed by atoms with Crippen LogP contribution in [-0.2, 0) is 0 Å². The zero-order valence-corrected chi connectivity index (χ0v) is 13.7. The van der Waals surface area contributed by atoms with E-state index in [0.717, 1.165) is 5.75 Å². The minimum absolute atomic E-state index is 0.